The van der Waals surface area contributed by atoms with E-state index in [0.29, 0.717) is 12.0 Å². The van der Waals surface area contributed by atoms with Crippen molar-refractivity contribution in [2.24, 2.45) is 17.6 Å². The molecule has 0 bridgehead atoms. The van der Waals surface area contributed by atoms with Crippen molar-refractivity contribution in [2.75, 3.05) is 13.1 Å². The topological polar surface area (TPSA) is 38.0 Å². The Morgan fingerprint density at radius 1 is 1.15 bits per heavy atom. The van der Waals surface area contributed by atoms with Crippen molar-refractivity contribution in [2.45, 2.75) is 46.6 Å². The second-order valence-electron chi connectivity index (χ2n) is 4.18. The molecule has 0 fully saturated rings. The molecule has 0 rings (SSSR count). The molecule has 0 aromatic rings. The third-order valence-corrected chi connectivity index (χ3v) is 2.88. The number of hydrogen-bond acceptors (Lipinski definition) is 2. The highest BCUT2D eigenvalue weighted by Gasteiger charge is 2.12. The molecule has 1 atom stereocenters. The van der Waals surface area contributed by atoms with Crippen molar-refractivity contribution < 1.29 is 0 Å². The zero-order valence-corrected chi connectivity index (χ0v) is 9.64. The van der Waals surface area contributed by atoms with Crippen LogP contribution in [0, 0.1) is 11.8 Å². The maximum absolute atomic E-state index is 5.68. The molecular weight excluding hydrogens is 160 g/mol. The molecule has 0 saturated heterocycles. The number of nitrogens with one attached hydrogen (secondary N) is 1. The number of rotatable bonds is 7. The Morgan fingerprint density at radius 3 is 2.00 bits per heavy atom. The summed E-state index contributed by atoms with van der Waals surface area (Å²) >= 11 is 0. The van der Waals surface area contributed by atoms with Gasteiger partial charge >= 0.3 is 0 Å². The van der Waals surface area contributed by atoms with Crippen LogP contribution >= 0.6 is 0 Å². The fourth-order valence-electron chi connectivity index (χ4n) is 1.49. The van der Waals surface area contributed by atoms with Gasteiger partial charge in [-0.2, -0.15) is 0 Å². The van der Waals surface area contributed by atoms with Crippen molar-refractivity contribution in [3.63, 3.8) is 0 Å². The first-order chi connectivity index (χ1) is 6.15. The van der Waals surface area contributed by atoms with Crippen LogP contribution in [0.1, 0.15) is 40.5 Å². The van der Waals surface area contributed by atoms with Gasteiger partial charge in [0.1, 0.15) is 0 Å². The van der Waals surface area contributed by atoms with Crippen LogP contribution in [0.25, 0.3) is 0 Å². The lowest BCUT2D eigenvalue weighted by atomic mass is 10.0. The van der Waals surface area contributed by atoms with Gasteiger partial charge < -0.3 is 11.1 Å². The molecular formula is C11H26N2. The summed E-state index contributed by atoms with van der Waals surface area (Å²) in [6.07, 6.45) is 2.53. The van der Waals surface area contributed by atoms with Gasteiger partial charge in [0.2, 0.25) is 0 Å². The van der Waals surface area contributed by atoms with Gasteiger partial charge in [0.25, 0.3) is 0 Å². The van der Waals surface area contributed by atoms with Crippen LogP contribution in [0.5, 0.6) is 0 Å². The molecule has 0 aliphatic heterocycles. The van der Waals surface area contributed by atoms with Gasteiger partial charge in [0.05, 0.1) is 0 Å². The molecule has 1 unspecified atom stereocenters. The average Bonchev–Trinajstić information content (AvgIpc) is 2.12. The lowest BCUT2D eigenvalue weighted by Gasteiger charge is -2.23. The molecule has 0 aromatic carbocycles. The molecule has 0 heterocycles. The van der Waals surface area contributed by atoms with Crippen molar-refractivity contribution in [3.8, 4) is 0 Å². The van der Waals surface area contributed by atoms with Gasteiger partial charge in [-0.1, -0.05) is 40.5 Å². The van der Waals surface area contributed by atoms with Gasteiger partial charge in [-0.25, -0.2) is 0 Å². The fraction of sp³-hybridized carbons (Fsp3) is 1.00. The van der Waals surface area contributed by atoms with Crippen LogP contribution < -0.4 is 11.1 Å². The van der Waals surface area contributed by atoms with Crippen molar-refractivity contribution in [1.29, 1.82) is 0 Å². The molecule has 2 nitrogen and oxygen atoms in total. The first kappa shape index (κ1) is 12.9. The summed E-state index contributed by atoms with van der Waals surface area (Å²) in [6, 6.07) is 0.487. The summed E-state index contributed by atoms with van der Waals surface area (Å²) in [5.41, 5.74) is 5.68. The second-order valence-corrected chi connectivity index (χ2v) is 4.18. The highest BCUT2D eigenvalue weighted by molar-refractivity contribution is 4.72. The third kappa shape index (κ3) is 5.27. The number of nitrogens with two attached hydrogens (primary N) is 1. The largest absolute Gasteiger partial charge is 0.329 e. The summed E-state index contributed by atoms with van der Waals surface area (Å²) < 4.78 is 0. The monoisotopic (exact) mass is 186 g/mol. The number of hydrogen-bond donors (Lipinski definition) is 2. The molecule has 0 amide bonds. The highest BCUT2D eigenvalue weighted by atomic mass is 14.9. The smallest absolute Gasteiger partial charge is 0.0213 e. The summed E-state index contributed by atoms with van der Waals surface area (Å²) in [7, 11) is 0. The van der Waals surface area contributed by atoms with Crippen molar-refractivity contribution in [1.82, 2.24) is 5.32 Å². The van der Waals surface area contributed by atoms with E-state index in [1.807, 2.05) is 0 Å². The normalized spacial score (nSPS) is 14.1. The van der Waals surface area contributed by atoms with Crippen LogP contribution in [-0.4, -0.2) is 19.1 Å². The quantitative estimate of drug-likeness (QED) is 0.638. The van der Waals surface area contributed by atoms with Crippen LogP contribution in [0.4, 0.5) is 0 Å². The van der Waals surface area contributed by atoms with E-state index in [1.165, 1.54) is 12.8 Å². The molecule has 0 aromatic heterocycles. The maximum Gasteiger partial charge on any atom is 0.0213 e. The predicted molar refractivity (Wildman–Crippen MR) is 59.8 cm³/mol. The summed E-state index contributed by atoms with van der Waals surface area (Å²) in [6.45, 7) is 10.8. The van der Waals surface area contributed by atoms with Crippen LogP contribution in [0.2, 0.25) is 0 Å². The minimum atomic E-state index is 0.487. The van der Waals surface area contributed by atoms with Crippen LogP contribution in [0.3, 0.4) is 0 Å². The lowest BCUT2D eigenvalue weighted by Crippen LogP contribution is -2.42. The lowest BCUT2D eigenvalue weighted by molar-refractivity contribution is 0.357. The Kier molecular flexibility index (Phi) is 7.29. The SMILES string of the molecule is CCC(CC)CNC(CN)C(C)C. The summed E-state index contributed by atoms with van der Waals surface area (Å²) in [5.74, 6) is 1.45. The Balaban J connectivity index is 3.69. The van der Waals surface area contributed by atoms with E-state index in [4.69, 9.17) is 5.73 Å². The minimum Gasteiger partial charge on any atom is -0.329 e. The Bertz CT molecular complexity index is 109. The van der Waals surface area contributed by atoms with Crippen LogP contribution in [-0.2, 0) is 0 Å². The van der Waals surface area contributed by atoms with Gasteiger partial charge in [-0.3, -0.25) is 0 Å². The Morgan fingerprint density at radius 2 is 1.69 bits per heavy atom. The van der Waals surface area contributed by atoms with Gasteiger partial charge in [-0.05, 0) is 18.4 Å². The van der Waals surface area contributed by atoms with Gasteiger partial charge in [0.15, 0.2) is 0 Å². The zero-order chi connectivity index (χ0) is 10.3. The molecule has 0 aliphatic rings. The zero-order valence-electron chi connectivity index (χ0n) is 9.64. The van der Waals surface area contributed by atoms with Crippen molar-refractivity contribution >= 4 is 0 Å². The molecule has 3 N–H and O–H groups in total. The fourth-order valence-corrected chi connectivity index (χ4v) is 1.49. The molecule has 2 heteroatoms. The highest BCUT2D eigenvalue weighted by Crippen LogP contribution is 2.07. The van der Waals surface area contributed by atoms with Gasteiger partial charge in [-0.15, -0.1) is 0 Å². The van der Waals surface area contributed by atoms with E-state index in [2.05, 4.69) is 33.0 Å². The van der Waals surface area contributed by atoms with E-state index in [0.717, 1.165) is 19.0 Å². The Labute approximate surface area is 83.3 Å². The van der Waals surface area contributed by atoms with E-state index in [-0.39, 0.29) is 0 Å². The molecule has 13 heavy (non-hydrogen) atoms. The minimum absolute atomic E-state index is 0.487. The molecule has 80 valence electrons. The summed E-state index contributed by atoms with van der Waals surface area (Å²) in [5, 5.41) is 3.55. The summed E-state index contributed by atoms with van der Waals surface area (Å²) in [4.78, 5) is 0. The maximum atomic E-state index is 5.68. The van der Waals surface area contributed by atoms with E-state index in [1.54, 1.807) is 0 Å². The molecule has 0 spiro atoms. The molecule has 0 aliphatic carbocycles. The van der Waals surface area contributed by atoms with Gasteiger partial charge in [0, 0.05) is 12.6 Å². The standard InChI is InChI=1S/C11H26N2/c1-5-10(6-2)8-13-11(7-12)9(3)4/h9-11,13H,5-8,12H2,1-4H3. The predicted octanol–water partition coefficient (Wildman–Crippen LogP) is 2.00. The van der Waals surface area contributed by atoms with E-state index in [9.17, 15) is 0 Å². The van der Waals surface area contributed by atoms with Crippen LogP contribution in [0.15, 0.2) is 0 Å². The molecule has 0 saturated carbocycles. The second kappa shape index (κ2) is 7.34. The van der Waals surface area contributed by atoms with E-state index >= 15 is 0 Å². The molecule has 0 radical (unpaired) electrons. The first-order valence-electron chi connectivity index (χ1n) is 5.59. The Hall–Kier alpha value is -0.0800. The average molecular weight is 186 g/mol. The van der Waals surface area contributed by atoms with Crippen molar-refractivity contribution in [3.05, 3.63) is 0 Å². The van der Waals surface area contributed by atoms with E-state index < -0.39 is 0 Å². The first-order valence-corrected chi connectivity index (χ1v) is 5.59. The third-order valence-electron chi connectivity index (χ3n) is 2.88.